The molecule has 1 N–H and O–H groups in total. The van der Waals surface area contributed by atoms with Crippen molar-refractivity contribution in [2.75, 3.05) is 13.2 Å². The first-order valence-corrected chi connectivity index (χ1v) is 7.59. The third-order valence-corrected chi connectivity index (χ3v) is 4.51. The fourth-order valence-electron chi connectivity index (χ4n) is 3.77. The van der Waals surface area contributed by atoms with Gasteiger partial charge in [0.05, 0.1) is 5.60 Å². The highest BCUT2D eigenvalue weighted by Gasteiger charge is 2.48. The van der Waals surface area contributed by atoms with Gasteiger partial charge in [0.2, 0.25) is 0 Å². The molecule has 0 spiro atoms. The molecule has 2 saturated carbocycles. The Morgan fingerprint density at radius 1 is 1.29 bits per heavy atom. The molecule has 2 rings (SSSR count). The molecule has 3 atom stereocenters. The second-order valence-corrected chi connectivity index (χ2v) is 6.07. The van der Waals surface area contributed by atoms with Crippen LogP contribution in [0.15, 0.2) is 0 Å². The topological polar surface area (TPSA) is 21.3 Å². The highest BCUT2D eigenvalue weighted by Crippen LogP contribution is 2.45. The molecule has 0 bridgehead atoms. The van der Waals surface area contributed by atoms with Crippen molar-refractivity contribution >= 4 is 0 Å². The first-order valence-electron chi connectivity index (χ1n) is 7.59. The molecular weight excluding hydrogens is 210 g/mol. The molecule has 0 radical (unpaired) electrons. The second kappa shape index (κ2) is 5.71. The largest absolute Gasteiger partial charge is 0.374 e. The molecule has 2 fully saturated rings. The van der Waals surface area contributed by atoms with Gasteiger partial charge in [0, 0.05) is 12.6 Å². The summed E-state index contributed by atoms with van der Waals surface area (Å²) in [6, 6.07) is 0.607. The normalized spacial score (nSPS) is 35.8. The Labute approximate surface area is 107 Å². The Balaban J connectivity index is 2.11. The lowest BCUT2D eigenvalue weighted by Gasteiger charge is -2.46. The fraction of sp³-hybridized carbons (Fsp3) is 1.00. The maximum Gasteiger partial charge on any atom is 0.0839 e. The number of likely N-dealkylation sites (N-methyl/N-ethyl adjacent to an activating group) is 1. The third-order valence-electron chi connectivity index (χ3n) is 4.51. The first-order chi connectivity index (χ1) is 8.22. The van der Waals surface area contributed by atoms with E-state index in [1.54, 1.807) is 0 Å². The summed E-state index contributed by atoms with van der Waals surface area (Å²) in [5.41, 5.74) is 0.142. The summed E-state index contributed by atoms with van der Waals surface area (Å²) >= 11 is 0. The van der Waals surface area contributed by atoms with Gasteiger partial charge >= 0.3 is 0 Å². The van der Waals surface area contributed by atoms with Gasteiger partial charge < -0.3 is 10.1 Å². The van der Waals surface area contributed by atoms with Crippen molar-refractivity contribution < 1.29 is 4.74 Å². The van der Waals surface area contributed by atoms with Gasteiger partial charge in [0.25, 0.3) is 0 Å². The van der Waals surface area contributed by atoms with E-state index in [2.05, 4.69) is 26.1 Å². The quantitative estimate of drug-likeness (QED) is 0.767. The number of hydrogen-bond donors (Lipinski definition) is 1. The van der Waals surface area contributed by atoms with E-state index in [0.717, 1.165) is 25.0 Å². The van der Waals surface area contributed by atoms with E-state index >= 15 is 0 Å². The minimum atomic E-state index is 0.142. The summed E-state index contributed by atoms with van der Waals surface area (Å²) < 4.78 is 6.29. The van der Waals surface area contributed by atoms with E-state index in [-0.39, 0.29) is 5.60 Å². The monoisotopic (exact) mass is 239 g/mol. The van der Waals surface area contributed by atoms with Crippen LogP contribution in [0.5, 0.6) is 0 Å². The molecule has 2 nitrogen and oxygen atoms in total. The van der Waals surface area contributed by atoms with Crippen LogP contribution in [0.1, 0.15) is 59.3 Å². The minimum Gasteiger partial charge on any atom is -0.374 e. The van der Waals surface area contributed by atoms with Crippen LogP contribution >= 0.6 is 0 Å². The summed E-state index contributed by atoms with van der Waals surface area (Å²) in [5, 5.41) is 3.74. The molecule has 0 heterocycles. The molecule has 0 aromatic carbocycles. The molecule has 0 amide bonds. The van der Waals surface area contributed by atoms with Crippen molar-refractivity contribution in [1.29, 1.82) is 0 Å². The summed E-state index contributed by atoms with van der Waals surface area (Å²) in [5.74, 6) is 1.71. The summed E-state index contributed by atoms with van der Waals surface area (Å²) in [6.45, 7) is 8.70. The average Bonchev–Trinajstić information content (AvgIpc) is 3.10. The molecule has 2 aliphatic rings. The SMILES string of the molecule is CCNC(C1CC1)C1(OCC)CCCC(C)C1. The van der Waals surface area contributed by atoms with E-state index in [1.807, 2.05) is 0 Å². The van der Waals surface area contributed by atoms with Crippen molar-refractivity contribution in [2.45, 2.75) is 70.9 Å². The lowest BCUT2D eigenvalue weighted by molar-refractivity contribution is -0.104. The van der Waals surface area contributed by atoms with E-state index in [4.69, 9.17) is 4.74 Å². The Morgan fingerprint density at radius 2 is 2.06 bits per heavy atom. The van der Waals surface area contributed by atoms with Gasteiger partial charge in [0.1, 0.15) is 0 Å². The lowest BCUT2D eigenvalue weighted by Crippen LogP contribution is -2.56. The van der Waals surface area contributed by atoms with Crippen LogP contribution in [-0.2, 0) is 4.74 Å². The number of nitrogens with one attached hydrogen (secondary N) is 1. The summed E-state index contributed by atoms with van der Waals surface area (Å²) in [6.07, 6.45) is 8.06. The molecule has 0 aliphatic heterocycles. The van der Waals surface area contributed by atoms with Crippen LogP contribution in [0.4, 0.5) is 0 Å². The molecule has 0 saturated heterocycles. The van der Waals surface area contributed by atoms with E-state index < -0.39 is 0 Å². The maximum absolute atomic E-state index is 6.29. The fourth-order valence-corrected chi connectivity index (χ4v) is 3.77. The highest BCUT2D eigenvalue weighted by atomic mass is 16.5. The van der Waals surface area contributed by atoms with E-state index in [0.29, 0.717) is 6.04 Å². The third kappa shape index (κ3) is 3.03. The van der Waals surface area contributed by atoms with E-state index in [9.17, 15) is 0 Å². The number of hydrogen-bond acceptors (Lipinski definition) is 2. The van der Waals surface area contributed by atoms with Crippen LogP contribution in [0, 0.1) is 11.8 Å². The van der Waals surface area contributed by atoms with Crippen LogP contribution in [0.25, 0.3) is 0 Å². The molecule has 3 unspecified atom stereocenters. The predicted octanol–water partition coefficient (Wildman–Crippen LogP) is 3.36. The molecule has 100 valence electrons. The maximum atomic E-state index is 6.29. The van der Waals surface area contributed by atoms with Gasteiger partial charge in [-0.2, -0.15) is 0 Å². The van der Waals surface area contributed by atoms with Crippen molar-refractivity contribution in [3.05, 3.63) is 0 Å². The van der Waals surface area contributed by atoms with Crippen molar-refractivity contribution in [3.63, 3.8) is 0 Å². The smallest absolute Gasteiger partial charge is 0.0839 e. The predicted molar refractivity (Wildman–Crippen MR) is 72.2 cm³/mol. The minimum absolute atomic E-state index is 0.142. The molecule has 2 heteroatoms. The van der Waals surface area contributed by atoms with Crippen LogP contribution in [0.2, 0.25) is 0 Å². The van der Waals surface area contributed by atoms with Gasteiger partial charge in [-0.15, -0.1) is 0 Å². The van der Waals surface area contributed by atoms with Gasteiger partial charge in [-0.25, -0.2) is 0 Å². The zero-order chi connectivity index (χ0) is 12.3. The lowest BCUT2D eigenvalue weighted by atomic mass is 9.73. The van der Waals surface area contributed by atoms with Crippen molar-refractivity contribution in [1.82, 2.24) is 5.32 Å². The molecule has 2 aliphatic carbocycles. The summed E-state index contributed by atoms with van der Waals surface area (Å²) in [7, 11) is 0. The van der Waals surface area contributed by atoms with Crippen LogP contribution in [-0.4, -0.2) is 24.8 Å². The Kier molecular flexibility index (Phi) is 4.48. The highest BCUT2D eigenvalue weighted by molar-refractivity contribution is 5.03. The Bertz CT molecular complexity index is 235. The van der Waals surface area contributed by atoms with Gasteiger partial charge in [-0.1, -0.05) is 26.7 Å². The van der Waals surface area contributed by atoms with Gasteiger partial charge in [-0.05, 0) is 51.0 Å². The van der Waals surface area contributed by atoms with Gasteiger partial charge in [0.15, 0.2) is 0 Å². The van der Waals surface area contributed by atoms with Crippen LogP contribution < -0.4 is 5.32 Å². The number of rotatable bonds is 6. The molecule has 17 heavy (non-hydrogen) atoms. The zero-order valence-corrected chi connectivity index (χ0v) is 11.8. The molecule has 0 aromatic heterocycles. The Hall–Kier alpha value is -0.0800. The van der Waals surface area contributed by atoms with Crippen LogP contribution in [0.3, 0.4) is 0 Å². The van der Waals surface area contributed by atoms with Crippen molar-refractivity contribution in [3.8, 4) is 0 Å². The van der Waals surface area contributed by atoms with Crippen molar-refractivity contribution in [2.24, 2.45) is 11.8 Å². The molecular formula is C15H29NO. The Morgan fingerprint density at radius 3 is 2.59 bits per heavy atom. The zero-order valence-electron chi connectivity index (χ0n) is 11.8. The molecule has 0 aromatic rings. The first kappa shape index (κ1) is 13.4. The number of ether oxygens (including phenoxy) is 1. The standard InChI is InChI=1S/C15H29NO/c1-4-16-14(13-8-9-13)15(17-5-2)10-6-7-12(3)11-15/h12-14,16H,4-11H2,1-3H3. The van der Waals surface area contributed by atoms with E-state index in [1.165, 1.54) is 38.5 Å². The average molecular weight is 239 g/mol. The second-order valence-electron chi connectivity index (χ2n) is 6.07. The summed E-state index contributed by atoms with van der Waals surface area (Å²) in [4.78, 5) is 0. The van der Waals surface area contributed by atoms with Gasteiger partial charge in [-0.3, -0.25) is 0 Å².